The molecule has 0 aliphatic heterocycles. The van der Waals surface area contributed by atoms with E-state index >= 15 is 0 Å². The fraction of sp³-hybridized carbons (Fsp3) is 0.689. The lowest BCUT2D eigenvalue weighted by atomic mass is 10.1. The summed E-state index contributed by atoms with van der Waals surface area (Å²) < 4.78 is 16.8. The van der Waals surface area contributed by atoms with Crippen LogP contribution < -0.4 is 0 Å². The Bertz CT molecular complexity index is 1350. The van der Waals surface area contributed by atoms with E-state index in [1.165, 1.54) is 89.9 Å². The van der Waals surface area contributed by atoms with Gasteiger partial charge in [-0.05, 0) is 96.3 Å². The summed E-state index contributed by atoms with van der Waals surface area (Å²) in [5, 5.41) is 0. The van der Waals surface area contributed by atoms with Gasteiger partial charge in [0.15, 0.2) is 6.10 Å². The van der Waals surface area contributed by atoms with Gasteiger partial charge in [-0.3, -0.25) is 14.4 Å². The average Bonchev–Trinajstić information content (AvgIpc) is 3.33. The number of hydrogen-bond donors (Lipinski definition) is 0. The molecule has 0 amide bonds. The van der Waals surface area contributed by atoms with E-state index in [1.807, 2.05) is 0 Å². The van der Waals surface area contributed by atoms with Gasteiger partial charge in [-0.2, -0.15) is 0 Å². The van der Waals surface area contributed by atoms with Crippen molar-refractivity contribution in [2.24, 2.45) is 0 Å². The summed E-state index contributed by atoms with van der Waals surface area (Å²) in [5.41, 5.74) is 0. The topological polar surface area (TPSA) is 78.9 Å². The first kappa shape index (κ1) is 63.3. The van der Waals surface area contributed by atoms with Crippen molar-refractivity contribution in [3.8, 4) is 0 Å². The minimum atomic E-state index is -0.786. The van der Waals surface area contributed by atoms with Crippen molar-refractivity contribution in [3.63, 3.8) is 0 Å². The van der Waals surface area contributed by atoms with Gasteiger partial charge in [-0.15, -0.1) is 0 Å². The maximum atomic E-state index is 12.8. The monoisotopic (exact) mass is 931 g/mol. The molecular weight excluding hydrogens is 829 g/mol. The summed E-state index contributed by atoms with van der Waals surface area (Å²) >= 11 is 0. The average molecular weight is 931 g/mol. The summed E-state index contributed by atoms with van der Waals surface area (Å²) in [5.74, 6) is -0.907. The second kappa shape index (κ2) is 54.9. The maximum Gasteiger partial charge on any atom is 0.306 e. The number of carbonyl (C=O) groups excluding carboxylic acids is 3. The molecule has 0 bridgehead atoms. The number of rotatable bonds is 49. The van der Waals surface area contributed by atoms with Crippen LogP contribution in [0, 0.1) is 0 Å². The zero-order valence-corrected chi connectivity index (χ0v) is 43.6. The summed E-state index contributed by atoms with van der Waals surface area (Å²) in [4.78, 5) is 38.0. The summed E-state index contributed by atoms with van der Waals surface area (Å²) in [6, 6.07) is 0. The highest BCUT2D eigenvalue weighted by atomic mass is 16.6. The smallest absolute Gasteiger partial charge is 0.306 e. The Morgan fingerprint density at radius 2 is 0.582 bits per heavy atom. The first-order valence-corrected chi connectivity index (χ1v) is 27.7. The third-order valence-electron chi connectivity index (χ3n) is 11.6. The number of allylic oxidation sites excluding steroid dienone is 16. The van der Waals surface area contributed by atoms with Crippen molar-refractivity contribution in [2.75, 3.05) is 13.2 Å². The second-order valence-electron chi connectivity index (χ2n) is 18.1. The highest BCUT2D eigenvalue weighted by Crippen LogP contribution is 2.15. The molecule has 1 atom stereocenters. The van der Waals surface area contributed by atoms with Gasteiger partial charge in [0.1, 0.15) is 13.2 Å². The van der Waals surface area contributed by atoms with Crippen molar-refractivity contribution >= 4 is 17.9 Å². The Morgan fingerprint density at radius 3 is 0.910 bits per heavy atom. The summed E-state index contributed by atoms with van der Waals surface area (Å²) in [7, 11) is 0. The van der Waals surface area contributed by atoms with Crippen LogP contribution >= 0.6 is 0 Å². The Labute approximate surface area is 413 Å². The van der Waals surface area contributed by atoms with Gasteiger partial charge < -0.3 is 14.2 Å². The van der Waals surface area contributed by atoms with Crippen LogP contribution in [0.1, 0.15) is 252 Å². The van der Waals surface area contributed by atoms with Crippen molar-refractivity contribution in [3.05, 3.63) is 97.2 Å². The van der Waals surface area contributed by atoms with Gasteiger partial charge in [0.25, 0.3) is 0 Å². The third-order valence-corrected chi connectivity index (χ3v) is 11.6. The van der Waals surface area contributed by atoms with Crippen LogP contribution in [-0.2, 0) is 28.6 Å². The normalized spacial score (nSPS) is 12.8. The first-order valence-electron chi connectivity index (χ1n) is 27.7. The molecule has 382 valence electrons. The van der Waals surface area contributed by atoms with Crippen molar-refractivity contribution in [1.29, 1.82) is 0 Å². The molecule has 0 fully saturated rings. The molecule has 0 radical (unpaired) electrons. The molecular formula is C61H102O6. The predicted octanol–water partition coefficient (Wildman–Crippen LogP) is 18.5. The number of esters is 3. The van der Waals surface area contributed by atoms with E-state index in [0.29, 0.717) is 19.3 Å². The number of carbonyl (C=O) groups is 3. The van der Waals surface area contributed by atoms with E-state index in [0.717, 1.165) is 122 Å². The van der Waals surface area contributed by atoms with Gasteiger partial charge in [0.2, 0.25) is 0 Å². The standard InChI is InChI=1S/C61H102O6/c1-4-7-10-13-16-19-21-23-25-27-28-29-30-31-32-34-35-37-39-42-45-48-51-54-60(63)66-57-58(56-65-59(62)53-50-47-44-41-18-15-12-9-6-3)67-61(64)55-52-49-46-43-40-38-36-33-26-24-22-20-17-14-11-8-5-2/h7-8,10-11,16-17,19-20,23-26,28-29,31-32,58H,4-6,9,12-15,18,21-22,27,30,33-57H2,1-3H3/b10-7-,11-8-,19-16-,20-17-,25-23-,26-24-,29-28-,32-31-. The van der Waals surface area contributed by atoms with Gasteiger partial charge in [-0.25, -0.2) is 0 Å². The molecule has 0 heterocycles. The predicted molar refractivity (Wildman–Crippen MR) is 288 cm³/mol. The Kier molecular flexibility index (Phi) is 51.9. The van der Waals surface area contributed by atoms with Crippen molar-refractivity contribution in [1.82, 2.24) is 0 Å². The Balaban J connectivity index is 4.32. The quantitative estimate of drug-likeness (QED) is 0.0262. The van der Waals surface area contributed by atoms with Crippen molar-refractivity contribution in [2.45, 2.75) is 258 Å². The van der Waals surface area contributed by atoms with Crippen LogP contribution in [0.15, 0.2) is 97.2 Å². The second-order valence-corrected chi connectivity index (χ2v) is 18.1. The molecule has 0 aromatic carbocycles. The van der Waals surface area contributed by atoms with Crippen LogP contribution in [0.5, 0.6) is 0 Å². The zero-order valence-electron chi connectivity index (χ0n) is 43.6. The lowest BCUT2D eigenvalue weighted by Crippen LogP contribution is -2.30. The largest absolute Gasteiger partial charge is 0.462 e. The molecule has 6 nitrogen and oxygen atoms in total. The lowest BCUT2D eigenvalue weighted by molar-refractivity contribution is -0.167. The molecule has 0 aromatic heterocycles. The molecule has 0 rings (SSSR count). The Morgan fingerprint density at radius 1 is 0.313 bits per heavy atom. The van der Waals surface area contributed by atoms with E-state index in [4.69, 9.17) is 14.2 Å². The number of ether oxygens (including phenoxy) is 3. The highest BCUT2D eigenvalue weighted by molar-refractivity contribution is 5.71. The van der Waals surface area contributed by atoms with Gasteiger partial charge in [0, 0.05) is 19.3 Å². The SMILES string of the molecule is CC/C=C\C/C=C\C/C=C\C/C=C\C/C=C\CCCCCCCCCC(=O)OCC(COC(=O)CCCCCCCCCCC)OC(=O)CCCCCCCCC/C=C\C/C=C\C/C=C\CC. The zero-order chi connectivity index (χ0) is 48.6. The lowest BCUT2D eigenvalue weighted by Gasteiger charge is -2.18. The van der Waals surface area contributed by atoms with Crippen molar-refractivity contribution < 1.29 is 28.6 Å². The maximum absolute atomic E-state index is 12.8. The summed E-state index contributed by atoms with van der Waals surface area (Å²) in [6.07, 6.45) is 72.5. The minimum absolute atomic E-state index is 0.0844. The molecule has 0 saturated heterocycles. The van der Waals surface area contributed by atoms with Crippen LogP contribution in [0.2, 0.25) is 0 Å². The number of unbranched alkanes of at least 4 members (excludes halogenated alkanes) is 22. The molecule has 0 aliphatic carbocycles. The van der Waals surface area contributed by atoms with Gasteiger partial charge >= 0.3 is 17.9 Å². The van der Waals surface area contributed by atoms with E-state index in [2.05, 4.69) is 118 Å². The molecule has 0 spiro atoms. The molecule has 0 N–H and O–H groups in total. The molecule has 0 aliphatic rings. The fourth-order valence-corrected chi connectivity index (χ4v) is 7.48. The molecule has 0 aromatic rings. The van der Waals surface area contributed by atoms with Gasteiger partial charge in [-0.1, -0.05) is 234 Å². The van der Waals surface area contributed by atoms with Crippen LogP contribution in [-0.4, -0.2) is 37.2 Å². The first-order chi connectivity index (χ1) is 33.0. The van der Waals surface area contributed by atoms with E-state index in [9.17, 15) is 14.4 Å². The van der Waals surface area contributed by atoms with E-state index < -0.39 is 6.10 Å². The highest BCUT2D eigenvalue weighted by Gasteiger charge is 2.19. The number of hydrogen-bond acceptors (Lipinski definition) is 6. The van der Waals surface area contributed by atoms with Gasteiger partial charge in [0.05, 0.1) is 0 Å². The van der Waals surface area contributed by atoms with Crippen LogP contribution in [0.4, 0.5) is 0 Å². The van der Waals surface area contributed by atoms with Crippen LogP contribution in [0.25, 0.3) is 0 Å². The van der Waals surface area contributed by atoms with E-state index in [-0.39, 0.29) is 31.1 Å². The fourth-order valence-electron chi connectivity index (χ4n) is 7.48. The van der Waals surface area contributed by atoms with E-state index in [1.54, 1.807) is 0 Å². The molecule has 6 heteroatoms. The third kappa shape index (κ3) is 53.2. The molecule has 67 heavy (non-hydrogen) atoms. The minimum Gasteiger partial charge on any atom is -0.462 e. The molecule has 1 unspecified atom stereocenters. The molecule has 0 saturated carbocycles. The summed E-state index contributed by atoms with van der Waals surface area (Å²) in [6.45, 7) is 6.38. The Hall–Kier alpha value is -3.67. The van der Waals surface area contributed by atoms with Crippen LogP contribution in [0.3, 0.4) is 0 Å².